The van der Waals surface area contributed by atoms with E-state index in [1.165, 1.54) is 0 Å². The third-order valence-electron chi connectivity index (χ3n) is 4.24. The van der Waals surface area contributed by atoms with Crippen LogP contribution in [-0.4, -0.2) is 36.9 Å². The molecule has 0 aliphatic carbocycles. The summed E-state index contributed by atoms with van der Waals surface area (Å²) in [5.41, 5.74) is 3.08. The van der Waals surface area contributed by atoms with Crippen molar-refractivity contribution in [1.29, 1.82) is 0 Å². The number of methoxy groups -OCH3 is 1. The second-order valence-electron chi connectivity index (χ2n) is 6.34. The number of aromatic nitrogens is 6. The molecule has 138 valence electrons. The van der Waals surface area contributed by atoms with Crippen molar-refractivity contribution in [2.75, 3.05) is 7.11 Å². The number of thioether (sulfide) groups is 1. The molecular formula is C19H20N6OS. The lowest BCUT2D eigenvalue weighted by Gasteiger charge is -2.11. The Labute approximate surface area is 161 Å². The summed E-state index contributed by atoms with van der Waals surface area (Å²) in [6.07, 6.45) is 0. The van der Waals surface area contributed by atoms with Gasteiger partial charge in [0.1, 0.15) is 11.6 Å². The Morgan fingerprint density at radius 2 is 1.85 bits per heavy atom. The Bertz CT molecular complexity index is 1050. The fourth-order valence-corrected chi connectivity index (χ4v) is 3.85. The summed E-state index contributed by atoms with van der Waals surface area (Å²) in [5, 5.41) is 12.8. The van der Waals surface area contributed by atoms with E-state index in [4.69, 9.17) is 9.72 Å². The first-order chi connectivity index (χ1) is 13.2. The molecule has 0 N–H and O–H groups in total. The van der Waals surface area contributed by atoms with Crippen molar-refractivity contribution >= 4 is 22.8 Å². The van der Waals surface area contributed by atoms with Gasteiger partial charge in [0, 0.05) is 5.69 Å². The summed E-state index contributed by atoms with van der Waals surface area (Å²) in [4.78, 5) is 4.84. The first kappa shape index (κ1) is 17.5. The fraction of sp³-hybridized carbons (Fsp3) is 0.263. The van der Waals surface area contributed by atoms with Gasteiger partial charge in [-0.05, 0) is 60.7 Å². The highest BCUT2D eigenvalue weighted by molar-refractivity contribution is 7.98. The van der Waals surface area contributed by atoms with Crippen LogP contribution >= 0.6 is 11.8 Å². The van der Waals surface area contributed by atoms with Gasteiger partial charge >= 0.3 is 0 Å². The molecule has 27 heavy (non-hydrogen) atoms. The van der Waals surface area contributed by atoms with Crippen molar-refractivity contribution in [3.8, 4) is 11.4 Å². The molecule has 4 aromatic rings. The van der Waals surface area contributed by atoms with Crippen LogP contribution < -0.4 is 4.74 Å². The smallest absolute Gasteiger partial charge is 0.209 e. The Hall–Kier alpha value is -2.87. The van der Waals surface area contributed by atoms with Crippen molar-refractivity contribution < 1.29 is 4.74 Å². The predicted octanol–water partition coefficient (Wildman–Crippen LogP) is 3.89. The Morgan fingerprint density at radius 1 is 1.07 bits per heavy atom. The molecule has 7 nitrogen and oxygen atoms in total. The molecule has 0 radical (unpaired) electrons. The van der Waals surface area contributed by atoms with Gasteiger partial charge in [-0.2, -0.15) is 0 Å². The summed E-state index contributed by atoms with van der Waals surface area (Å²) >= 11 is 1.59. The summed E-state index contributed by atoms with van der Waals surface area (Å²) in [5.74, 6) is 2.44. The van der Waals surface area contributed by atoms with Crippen molar-refractivity contribution in [2.24, 2.45) is 0 Å². The number of para-hydroxylation sites is 2. The average molecular weight is 380 g/mol. The normalized spacial score (nSPS) is 11.4. The lowest BCUT2D eigenvalue weighted by molar-refractivity contribution is 0.414. The quantitative estimate of drug-likeness (QED) is 0.473. The van der Waals surface area contributed by atoms with Gasteiger partial charge < -0.3 is 4.74 Å². The SMILES string of the molecule is COc1ccc(-n2c(CSc3nnnn3C(C)C)nc3ccccc32)cc1. The van der Waals surface area contributed by atoms with Crippen molar-refractivity contribution in [3.05, 3.63) is 54.4 Å². The highest BCUT2D eigenvalue weighted by Crippen LogP contribution is 2.28. The van der Waals surface area contributed by atoms with Gasteiger partial charge in [0.05, 0.1) is 29.9 Å². The van der Waals surface area contributed by atoms with Gasteiger partial charge in [0.15, 0.2) is 0 Å². The molecule has 0 spiro atoms. The molecule has 2 heterocycles. The first-order valence-electron chi connectivity index (χ1n) is 8.69. The summed E-state index contributed by atoms with van der Waals surface area (Å²) < 4.78 is 9.28. The van der Waals surface area contributed by atoms with Crippen molar-refractivity contribution in [3.63, 3.8) is 0 Å². The molecule has 0 unspecified atom stereocenters. The lowest BCUT2D eigenvalue weighted by Crippen LogP contribution is -2.05. The van der Waals surface area contributed by atoms with E-state index in [-0.39, 0.29) is 6.04 Å². The molecule has 0 aliphatic heterocycles. The van der Waals surface area contributed by atoms with Gasteiger partial charge in [-0.3, -0.25) is 4.57 Å². The molecule has 0 bridgehead atoms. The van der Waals surface area contributed by atoms with Crippen LogP contribution in [0, 0.1) is 0 Å². The molecule has 2 aromatic heterocycles. The average Bonchev–Trinajstić information content (AvgIpc) is 3.30. The zero-order valence-electron chi connectivity index (χ0n) is 15.4. The van der Waals surface area contributed by atoms with E-state index in [9.17, 15) is 0 Å². The summed E-state index contributed by atoms with van der Waals surface area (Å²) in [6.45, 7) is 4.13. The maximum absolute atomic E-state index is 5.28. The molecule has 2 aromatic carbocycles. The number of ether oxygens (including phenoxy) is 1. The van der Waals surface area contributed by atoms with Gasteiger partial charge in [-0.15, -0.1) is 5.10 Å². The van der Waals surface area contributed by atoms with Gasteiger partial charge in [0.25, 0.3) is 0 Å². The summed E-state index contributed by atoms with van der Waals surface area (Å²) in [7, 11) is 1.67. The minimum atomic E-state index is 0.211. The van der Waals surface area contributed by atoms with Crippen LogP contribution in [0.2, 0.25) is 0 Å². The zero-order valence-corrected chi connectivity index (χ0v) is 16.2. The maximum atomic E-state index is 5.28. The van der Waals surface area contributed by atoms with E-state index >= 15 is 0 Å². The second kappa shape index (κ2) is 7.40. The maximum Gasteiger partial charge on any atom is 0.209 e. The van der Waals surface area contributed by atoms with Gasteiger partial charge in [-0.1, -0.05) is 23.9 Å². The van der Waals surface area contributed by atoms with Crippen LogP contribution in [0.3, 0.4) is 0 Å². The highest BCUT2D eigenvalue weighted by Gasteiger charge is 2.15. The van der Waals surface area contributed by atoms with Gasteiger partial charge in [0.2, 0.25) is 5.16 Å². The van der Waals surface area contributed by atoms with E-state index in [0.717, 1.165) is 33.5 Å². The largest absolute Gasteiger partial charge is 0.497 e. The number of fused-ring (bicyclic) bond motifs is 1. The molecule has 0 fully saturated rings. The van der Waals surface area contributed by atoms with E-state index < -0.39 is 0 Å². The minimum absolute atomic E-state index is 0.211. The molecule has 0 aliphatic rings. The molecule has 4 rings (SSSR count). The van der Waals surface area contributed by atoms with E-state index in [1.54, 1.807) is 18.9 Å². The molecular weight excluding hydrogens is 360 g/mol. The van der Waals surface area contributed by atoms with Crippen LogP contribution in [-0.2, 0) is 5.75 Å². The summed E-state index contributed by atoms with van der Waals surface area (Å²) in [6, 6.07) is 16.4. The molecule has 0 amide bonds. The van der Waals surface area contributed by atoms with E-state index in [0.29, 0.717) is 5.75 Å². The predicted molar refractivity (Wildman–Crippen MR) is 105 cm³/mol. The first-order valence-corrected chi connectivity index (χ1v) is 9.67. The lowest BCUT2D eigenvalue weighted by atomic mass is 10.2. The fourth-order valence-electron chi connectivity index (χ4n) is 2.93. The Kier molecular flexibility index (Phi) is 4.81. The standard InChI is InChI=1S/C19H20N6OS/c1-13(2)25-19(21-22-23-25)27-12-18-20-16-6-4-5-7-17(16)24(18)14-8-10-15(26-3)11-9-14/h4-11,13H,12H2,1-3H3. The molecule has 0 saturated heterocycles. The number of hydrogen-bond donors (Lipinski definition) is 0. The number of benzene rings is 2. The van der Waals surface area contributed by atoms with E-state index in [1.807, 2.05) is 47.1 Å². The monoisotopic (exact) mass is 380 g/mol. The third kappa shape index (κ3) is 3.40. The highest BCUT2D eigenvalue weighted by atomic mass is 32.2. The zero-order chi connectivity index (χ0) is 18.8. The Balaban J connectivity index is 1.72. The van der Waals surface area contributed by atoms with Gasteiger partial charge in [-0.25, -0.2) is 9.67 Å². The number of nitrogens with zero attached hydrogens (tertiary/aromatic N) is 6. The van der Waals surface area contributed by atoms with Crippen LogP contribution in [0.15, 0.2) is 53.7 Å². The molecule has 0 atom stereocenters. The van der Waals surface area contributed by atoms with Crippen molar-refractivity contribution in [1.82, 2.24) is 29.8 Å². The van der Waals surface area contributed by atoms with Crippen LogP contribution in [0.4, 0.5) is 0 Å². The number of rotatable bonds is 6. The minimum Gasteiger partial charge on any atom is -0.497 e. The molecule has 8 heteroatoms. The van der Waals surface area contributed by atoms with Crippen LogP contribution in [0.5, 0.6) is 5.75 Å². The topological polar surface area (TPSA) is 70.7 Å². The number of tetrazole rings is 1. The molecule has 0 saturated carbocycles. The Morgan fingerprint density at radius 3 is 2.59 bits per heavy atom. The number of imidazole rings is 1. The van der Waals surface area contributed by atoms with Crippen LogP contribution in [0.25, 0.3) is 16.7 Å². The number of hydrogen-bond acceptors (Lipinski definition) is 6. The third-order valence-corrected chi connectivity index (χ3v) is 5.17. The van der Waals surface area contributed by atoms with Crippen molar-refractivity contribution in [2.45, 2.75) is 30.8 Å². The van der Waals surface area contributed by atoms with E-state index in [2.05, 4.69) is 40.0 Å². The second-order valence-corrected chi connectivity index (χ2v) is 7.28. The van der Waals surface area contributed by atoms with Crippen LogP contribution in [0.1, 0.15) is 25.7 Å².